The molecule has 6 heteroatoms. The molecule has 1 heterocycles. The van der Waals surface area contributed by atoms with E-state index in [2.05, 4.69) is 15.5 Å². The normalized spacial score (nSPS) is 15.8. The zero-order valence-corrected chi connectivity index (χ0v) is 6.79. The fourth-order valence-electron chi connectivity index (χ4n) is 0.818. The molecule has 1 aliphatic rings. The molecule has 6 nitrogen and oxygen atoms in total. The number of carbonyl (C=O) groups is 2. The van der Waals surface area contributed by atoms with Crippen LogP contribution >= 0.6 is 0 Å². The minimum absolute atomic E-state index is 0.325. The zero-order chi connectivity index (χ0) is 8.97. The van der Waals surface area contributed by atoms with Crippen molar-refractivity contribution >= 4 is 12.1 Å². The smallest absolute Gasteiger partial charge is 0.428 e. The number of ether oxygens (including phenoxy) is 1. The molecule has 0 bridgehead atoms. The van der Waals surface area contributed by atoms with Crippen LogP contribution < -0.4 is 10.7 Å². The van der Waals surface area contributed by atoms with E-state index >= 15 is 0 Å². The molecule has 0 aromatic heterocycles. The van der Waals surface area contributed by atoms with Gasteiger partial charge in [0.2, 0.25) is 0 Å². The number of hydrogen-bond acceptors (Lipinski definition) is 3. The quantitative estimate of drug-likeness (QED) is 0.600. The van der Waals surface area contributed by atoms with Gasteiger partial charge in [-0.05, 0) is 6.92 Å². The molecular formula is C6H11N3O3. The largest absolute Gasteiger partial charge is 0.446 e. The Hall–Kier alpha value is -1.46. The Morgan fingerprint density at radius 1 is 1.75 bits per heavy atom. The molecular weight excluding hydrogens is 162 g/mol. The van der Waals surface area contributed by atoms with Gasteiger partial charge in [-0.1, -0.05) is 0 Å². The van der Waals surface area contributed by atoms with Crippen LogP contribution in [0.25, 0.3) is 0 Å². The summed E-state index contributed by atoms with van der Waals surface area (Å²) in [4.78, 5) is 21.6. The first-order valence-electron chi connectivity index (χ1n) is 3.73. The van der Waals surface area contributed by atoms with E-state index in [0.29, 0.717) is 19.7 Å². The third kappa shape index (κ3) is 2.01. The predicted octanol–water partition coefficient (Wildman–Crippen LogP) is -0.327. The third-order valence-corrected chi connectivity index (χ3v) is 1.33. The van der Waals surface area contributed by atoms with Gasteiger partial charge in [0.15, 0.2) is 0 Å². The highest BCUT2D eigenvalue weighted by Crippen LogP contribution is 1.97. The number of amides is 3. The molecule has 2 N–H and O–H groups in total. The fraction of sp³-hybridized carbons (Fsp3) is 0.667. The molecule has 0 radical (unpaired) electrons. The summed E-state index contributed by atoms with van der Waals surface area (Å²) < 4.78 is 4.59. The average molecular weight is 173 g/mol. The lowest BCUT2D eigenvalue weighted by Gasteiger charge is -2.13. The summed E-state index contributed by atoms with van der Waals surface area (Å²) in [7, 11) is 0. The first kappa shape index (κ1) is 8.63. The lowest BCUT2D eigenvalue weighted by molar-refractivity contribution is 0.146. The van der Waals surface area contributed by atoms with Gasteiger partial charge < -0.3 is 10.1 Å². The Kier molecular flexibility index (Phi) is 2.73. The van der Waals surface area contributed by atoms with Crippen molar-refractivity contribution < 1.29 is 14.3 Å². The van der Waals surface area contributed by atoms with E-state index in [1.54, 1.807) is 6.92 Å². The van der Waals surface area contributed by atoms with Gasteiger partial charge in [-0.3, -0.25) is 0 Å². The molecule has 1 aliphatic heterocycles. The van der Waals surface area contributed by atoms with Crippen LogP contribution in [0.1, 0.15) is 6.92 Å². The van der Waals surface area contributed by atoms with Crippen molar-refractivity contribution in [1.82, 2.24) is 15.8 Å². The maximum atomic E-state index is 10.9. The average Bonchev–Trinajstić information content (AvgIpc) is 2.37. The SMILES string of the molecule is CCNC(=O)NN1CCOC1=O. The molecule has 0 aromatic rings. The second-order valence-electron chi connectivity index (χ2n) is 2.24. The summed E-state index contributed by atoms with van der Waals surface area (Å²) in [6.07, 6.45) is -0.513. The first-order chi connectivity index (χ1) is 5.74. The number of nitrogens with zero attached hydrogens (tertiary/aromatic N) is 1. The zero-order valence-electron chi connectivity index (χ0n) is 6.79. The van der Waals surface area contributed by atoms with Crippen molar-refractivity contribution in [2.75, 3.05) is 19.7 Å². The van der Waals surface area contributed by atoms with Gasteiger partial charge in [-0.2, -0.15) is 0 Å². The van der Waals surface area contributed by atoms with E-state index in [0.717, 1.165) is 5.01 Å². The lowest BCUT2D eigenvalue weighted by Crippen LogP contribution is -2.47. The van der Waals surface area contributed by atoms with E-state index in [-0.39, 0.29) is 0 Å². The fourth-order valence-corrected chi connectivity index (χ4v) is 0.818. The molecule has 68 valence electrons. The van der Waals surface area contributed by atoms with E-state index < -0.39 is 12.1 Å². The van der Waals surface area contributed by atoms with E-state index in [1.165, 1.54) is 0 Å². The Balaban J connectivity index is 2.30. The Labute approximate surface area is 69.8 Å². The number of cyclic esters (lactones) is 1. The van der Waals surface area contributed by atoms with Gasteiger partial charge in [-0.25, -0.2) is 20.0 Å². The number of hydrogen-bond donors (Lipinski definition) is 2. The standard InChI is InChI=1S/C6H11N3O3/c1-2-7-5(10)8-9-3-4-12-6(9)11/h2-4H2,1H3,(H2,7,8,10). The van der Waals surface area contributed by atoms with Crippen molar-refractivity contribution in [3.05, 3.63) is 0 Å². The molecule has 1 fully saturated rings. The van der Waals surface area contributed by atoms with Crippen molar-refractivity contribution in [3.63, 3.8) is 0 Å². The van der Waals surface area contributed by atoms with Crippen molar-refractivity contribution in [2.24, 2.45) is 0 Å². The molecule has 0 saturated carbocycles. The third-order valence-electron chi connectivity index (χ3n) is 1.33. The monoisotopic (exact) mass is 173 g/mol. The van der Waals surface area contributed by atoms with Crippen LogP contribution in [-0.4, -0.2) is 36.8 Å². The minimum Gasteiger partial charge on any atom is -0.446 e. The summed E-state index contributed by atoms with van der Waals surface area (Å²) in [5.41, 5.74) is 2.34. The summed E-state index contributed by atoms with van der Waals surface area (Å²) in [5.74, 6) is 0. The highest BCUT2D eigenvalue weighted by atomic mass is 16.6. The summed E-state index contributed by atoms with van der Waals surface area (Å²) in [6.45, 7) is 3.04. The topological polar surface area (TPSA) is 70.7 Å². The maximum Gasteiger partial charge on any atom is 0.428 e. The first-order valence-corrected chi connectivity index (χ1v) is 3.73. The number of carbonyl (C=O) groups excluding carboxylic acids is 2. The van der Waals surface area contributed by atoms with Crippen LogP contribution in [0.15, 0.2) is 0 Å². The van der Waals surface area contributed by atoms with Gasteiger partial charge in [0.05, 0.1) is 6.54 Å². The lowest BCUT2D eigenvalue weighted by atomic mass is 10.7. The Morgan fingerprint density at radius 2 is 2.50 bits per heavy atom. The van der Waals surface area contributed by atoms with Crippen LogP contribution in [0.4, 0.5) is 9.59 Å². The van der Waals surface area contributed by atoms with Gasteiger partial charge in [0.25, 0.3) is 0 Å². The second-order valence-corrected chi connectivity index (χ2v) is 2.24. The summed E-state index contributed by atoms with van der Waals surface area (Å²) in [5, 5.41) is 3.62. The predicted molar refractivity (Wildman–Crippen MR) is 40.3 cm³/mol. The minimum atomic E-state index is -0.513. The van der Waals surface area contributed by atoms with Crippen LogP contribution in [0.5, 0.6) is 0 Å². The summed E-state index contributed by atoms with van der Waals surface area (Å²) >= 11 is 0. The summed E-state index contributed by atoms with van der Waals surface area (Å²) in [6, 6.07) is -0.392. The van der Waals surface area contributed by atoms with E-state index in [9.17, 15) is 9.59 Å². The van der Waals surface area contributed by atoms with Gasteiger partial charge in [-0.15, -0.1) is 0 Å². The molecule has 1 saturated heterocycles. The molecule has 0 atom stereocenters. The molecule has 12 heavy (non-hydrogen) atoms. The van der Waals surface area contributed by atoms with Gasteiger partial charge >= 0.3 is 12.1 Å². The van der Waals surface area contributed by atoms with Crippen molar-refractivity contribution in [3.8, 4) is 0 Å². The Bertz CT molecular complexity index is 194. The molecule has 3 amide bonds. The number of hydrazine groups is 1. The van der Waals surface area contributed by atoms with E-state index in [4.69, 9.17) is 0 Å². The van der Waals surface area contributed by atoms with Crippen LogP contribution in [0.2, 0.25) is 0 Å². The molecule has 0 aromatic carbocycles. The van der Waals surface area contributed by atoms with Crippen LogP contribution in [0.3, 0.4) is 0 Å². The molecule has 0 aliphatic carbocycles. The molecule has 0 unspecified atom stereocenters. The highest BCUT2D eigenvalue weighted by molar-refractivity contribution is 5.78. The number of rotatable bonds is 2. The van der Waals surface area contributed by atoms with Crippen molar-refractivity contribution in [1.29, 1.82) is 0 Å². The van der Waals surface area contributed by atoms with Crippen molar-refractivity contribution in [2.45, 2.75) is 6.92 Å². The van der Waals surface area contributed by atoms with Gasteiger partial charge in [0, 0.05) is 6.54 Å². The maximum absolute atomic E-state index is 10.9. The Morgan fingerprint density at radius 3 is 3.00 bits per heavy atom. The number of nitrogens with one attached hydrogen (secondary N) is 2. The van der Waals surface area contributed by atoms with Crippen LogP contribution in [0, 0.1) is 0 Å². The second kappa shape index (κ2) is 3.80. The van der Waals surface area contributed by atoms with Gasteiger partial charge in [0.1, 0.15) is 6.61 Å². The highest BCUT2D eigenvalue weighted by Gasteiger charge is 2.23. The molecule has 0 spiro atoms. The van der Waals surface area contributed by atoms with E-state index in [1.807, 2.05) is 0 Å². The molecule has 1 rings (SSSR count). The number of urea groups is 1. The van der Waals surface area contributed by atoms with Crippen LogP contribution in [-0.2, 0) is 4.74 Å².